The van der Waals surface area contributed by atoms with Gasteiger partial charge in [-0.05, 0) is 24.3 Å². The molecule has 3 heterocycles. The second kappa shape index (κ2) is 6.21. The number of aromatic nitrogens is 4. The standard InChI is InChI=1S/C16H10N4O4/c21-15(22)13-11(9-5-1-3-7-17-9)19-14(16(23)24)12(20-13)10-6-2-4-8-18-10/h1-8H,(H,21,22)(H,23,24). The van der Waals surface area contributed by atoms with E-state index in [2.05, 4.69) is 19.9 Å². The number of rotatable bonds is 4. The first-order valence-corrected chi connectivity index (χ1v) is 6.79. The molecule has 118 valence electrons. The van der Waals surface area contributed by atoms with E-state index in [1.54, 1.807) is 24.3 Å². The molecule has 3 aromatic heterocycles. The highest BCUT2D eigenvalue weighted by atomic mass is 16.4. The molecule has 0 fully saturated rings. The van der Waals surface area contributed by atoms with Gasteiger partial charge in [0.15, 0.2) is 11.4 Å². The first-order valence-electron chi connectivity index (χ1n) is 6.79. The van der Waals surface area contributed by atoms with Crippen LogP contribution in [-0.4, -0.2) is 42.1 Å². The Morgan fingerprint density at radius 3 is 1.42 bits per heavy atom. The number of carboxylic acid groups (broad SMARTS) is 2. The SMILES string of the molecule is O=C(O)c1nc(-c2ccccn2)c(C(=O)O)nc1-c1ccccn1. The van der Waals surface area contributed by atoms with Crippen molar-refractivity contribution in [3.8, 4) is 22.8 Å². The lowest BCUT2D eigenvalue weighted by Gasteiger charge is -2.09. The van der Waals surface area contributed by atoms with Crippen LogP contribution in [0.5, 0.6) is 0 Å². The molecule has 8 heteroatoms. The summed E-state index contributed by atoms with van der Waals surface area (Å²) in [7, 11) is 0. The fourth-order valence-electron chi connectivity index (χ4n) is 2.10. The number of carbonyl (C=O) groups is 2. The van der Waals surface area contributed by atoms with Gasteiger partial charge in [0.25, 0.3) is 0 Å². The van der Waals surface area contributed by atoms with E-state index >= 15 is 0 Å². The molecule has 0 saturated carbocycles. The molecule has 0 aliphatic carbocycles. The van der Waals surface area contributed by atoms with E-state index < -0.39 is 11.9 Å². The Morgan fingerprint density at radius 1 is 0.708 bits per heavy atom. The highest BCUT2D eigenvalue weighted by molar-refractivity contribution is 5.97. The van der Waals surface area contributed by atoms with E-state index in [0.717, 1.165) is 0 Å². The average Bonchev–Trinajstić information content (AvgIpc) is 2.62. The smallest absolute Gasteiger partial charge is 0.356 e. The van der Waals surface area contributed by atoms with Crippen molar-refractivity contribution in [3.63, 3.8) is 0 Å². The van der Waals surface area contributed by atoms with E-state index in [1.165, 1.54) is 24.5 Å². The van der Waals surface area contributed by atoms with Gasteiger partial charge in [0.05, 0.1) is 11.4 Å². The van der Waals surface area contributed by atoms with Crippen molar-refractivity contribution in [2.45, 2.75) is 0 Å². The highest BCUT2D eigenvalue weighted by Crippen LogP contribution is 2.25. The summed E-state index contributed by atoms with van der Waals surface area (Å²) in [5.41, 5.74) is -0.561. The van der Waals surface area contributed by atoms with Gasteiger partial charge < -0.3 is 10.2 Å². The normalized spacial score (nSPS) is 10.3. The van der Waals surface area contributed by atoms with E-state index in [-0.39, 0.29) is 34.2 Å². The van der Waals surface area contributed by atoms with Crippen molar-refractivity contribution in [2.75, 3.05) is 0 Å². The molecule has 0 radical (unpaired) electrons. The molecule has 3 rings (SSSR count). The van der Waals surface area contributed by atoms with Crippen molar-refractivity contribution in [1.82, 2.24) is 19.9 Å². The Morgan fingerprint density at radius 2 is 1.12 bits per heavy atom. The molecule has 0 amide bonds. The van der Waals surface area contributed by atoms with Crippen LogP contribution in [-0.2, 0) is 0 Å². The Kier molecular flexibility index (Phi) is 3.94. The third-order valence-corrected chi connectivity index (χ3v) is 3.12. The molecule has 0 unspecified atom stereocenters. The topological polar surface area (TPSA) is 126 Å². The lowest BCUT2D eigenvalue weighted by atomic mass is 10.1. The minimum atomic E-state index is -1.34. The summed E-state index contributed by atoms with van der Waals surface area (Å²) in [5, 5.41) is 18.9. The predicted octanol–water partition coefficient (Wildman–Crippen LogP) is 2.00. The van der Waals surface area contributed by atoms with Crippen LogP contribution >= 0.6 is 0 Å². The molecular formula is C16H10N4O4. The van der Waals surface area contributed by atoms with Crippen LogP contribution in [0.3, 0.4) is 0 Å². The maximum absolute atomic E-state index is 11.6. The van der Waals surface area contributed by atoms with Crippen molar-refractivity contribution >= 4 is 11.9 Å². The van der Waals surface area contributed by atoms with Crippen LogP contribution in [0.15, 0.2) is 48.8 Å². The minimum absolute atomic E-state index is 0.111. The van der Waals surface area contributed by atoms with E-state index in [0.29, 0.717) is 0 Å². The maximum atomic E-state index is 11.6. The van der Waals surface area contributed by atoms with Gasteiger partial charge in [-0.15, -0.1) is 0 Å². The largest absolute Gasteiger partial charge is 0.476 e. The van der Waals surface area contributed by atoms with Gasteiger partial charge in [0.1, 0.15) is 11.4 Å². The summed E-state index contributed by atoms with van der Waals surface area (Å²) in [6.45, 7) is 0. The molecular weight excluding hydrogens is 312 g/mol. The third kappa shape index (κ3) is 2.80. The van der Waals surface area contributed by atoms with Gasteiger partial charge in [-0.1, -0.05) is 12.1 Å². The van der Waals surface area contributed by atoms with Crippen molar-refractivity contribution in [3.05, 3.63) is 60.2 Å². The molecule has 0 aliphatic rings. The molecule has 2 N–H and O–H groups in total. The van der Waals surface area contributed by atoms with E-state index in [4.69, 9.17) is 0 Å². The Balaban J connectivity index is 2.32. The van der Waals surface area contributed by atoms with Gasteiger partial charge in [0.2, 0.25) is 0 Å². The third-order valence-electron chi connectivity index (χ3n) is 3.12. The van der Waals surface area contributed by atoms with Crippen LogP contribution in [0, 0.1) is 0 Å². The van der Waals surface area contributed by atoms with Crippen LogP contribution in [0.2, 0.25) is 0 Å². The zero-order chi connectivity index (χ0) is 17.1. The number of aromatic carboxylic acids is 2. The number of nitrogens with zero attached hydrogens (tertiary/aromatic N) is 4. The highest BCUT2D eigenvalue weighted by Gasteiger charge is 2.25. The fraction of sp³-hybridized carbons (Fsp3) is 0. The first kappa shape index (κ1) is 15.2. The van der Waals surface area contributed by atoms with Crippen molar-refractivity contribution < 1.29 is 19.8 Å². The summed E-state index contributed by atoms with van der Waals surface area (Å²) in [6, 6.07) is 9.64. The van der Waals surface area contributed by atoms with Crippen molar-refractivity contribution in [1.29, 1.82) is 0 Å². The van der Waals surface area contributed by atoms with Crippen LogP contribution in [0.25, 0.3) is 22.8 Å². The fourth-order valence-corrected chi connectivity index (χ4v) is 2.10. The second-order valence-electron chi connectivity index (χ2n) is 4.66. The van der Waals surface area contributed by atoms with E-state index in [9.17, 15) is 19.8 Å². The summed E-state index contributed by atoms with van der Waals surface area (Å²) >= 11 is 0. The molecule has 0 bridgehead atoms. The predicted molar refractivity (Wildman–Crippen MR) is 82.4 cm³/mol. The quantitative estimate of drug-likeness (QED) is 0.746. The van der Waals surface area contributed by atoms with Gasteiger partial charge in [0, 0.05) is 12.4 Å². The average molecular weight is 322 g/mol. The van der Waals surface area contributed by atoms with Gasteiger partial charge in [-0.25, -0.2) is 19.6 Å². The lowest BCUT2D eigenvalue weighted by molar-refractivity contribution is 0.0672. The number of carboxylic acids is 2. The van der Waals surface area contributed by atoms with Crippen LogP contribution in [0.4, 0.5) is 0 Å². The first-order chi connectivity index (χ1) is 11.6. The molecule has 8 nitrogen and oxygen atoms in total. The van der Waals surface area contributed by atoms with Gasteiger partial charge >= 0.3 is 11.9 Å². The maximum Gasteiger partial charge on any atom is 0.356 e. The number of hydrogen-bond donors (Lipinski definition) is 2. The summed E-state index contributed by atoms with van der Waals surface area (Å²) in [5.74, 6) is -2.67. The van der Waals surface area contributed by atoms with E-state index in [1.807, 2.05) is 0 Å². The molecule has 0 spiro atoms. The lowest BCUT2D eigenvalue weighted by Crippen LogP contribution is -2.14. The number of hydrogen-bond acceptors (Lipinski definition) is 6. The molecule has 0 saturated heterocycles. The molecule has 0 aromatic carbocycles. The monoisotopic (exact) mass is 322 g/mol. The molecule has 3 aromatic rings. The molecule has 24 heavy (non-hydrogen) atoms. The zero-order valence-electron chi connectivity index (χ0n) is 12.1. The number of pyridine rings is 2. The summed E-state index contributed by atoms with van der Waals surface area (Å²) in [4.78, 5) is 39.2. The van der Waals surface area contributed by atoms with Gasteiger partial charge in [-0.2, -0.15) is 0 Å². The molecule has 0 aliphatic heterocycles. The van der Waals surface area contributed by atoms with Gasteiger partial charge in [-0.3, -0.25) is 9.97 Å². The second-order valence-corrected chi connectivity index (χ2v) is 4.66. The van der Waals surface area contributed by atoms with Crippen molar-refractivity contribution in [2.24, 2.45) is 0 Å². The Bertz CT molecular complexity index is 837. The zero-order valence-corrected chi connectivity index (χ0v) is 12.1. The van der Waals surface area contributed by atoms with Crippen LogP contribution < -0.4 is 0 Å². The Labute approximate surface area is 135 Å². The minimum Gasteiger partial charge on any atom is -0.476 e. The summed E-state index contributed by atoms with van der Waals surface area (Å²) < 4.78 is 0. The summed E-state index contributed by atoms with van der Waals surface area (Å²) in [6.07, 6.45) is 2.91. The molecule has 0 atom stereocenters. The Hall–Kier alpha value is -3.68. The van der Waals surface area contributed by atoms with Crippen LogP contribution in [0.1, 0.15) is 21.0 Å².